The van der Waals surface area contributed by atoms with Gasteiger partial charge in [-0.2, -0.15) is 28.1 Å². The molecule has 208 valence electrons. The number of amides is 1. The number of alkyl halides is 3. The van der Waals surface area contributed by atoms with E-state index in [2.05, 4.69) is 36.2 Å². The first-order chi connectivity index (χ1) is 18.8. The standard InChI is InChI=1S/C26H30F3N7O3/c27-26(28,29)17-39-25-35-23-32-16-18-4-10-21(11-5-18)38-15-14-30-12-2-1-3-13-31-22(37)19-6-8-20(9-7-19)33-24(34-23)36-25/h4-11,30H,1-3,12-17H2,(H,31,37)(H2,32,33,34,35,36). The molecular formula is C26H30F3N7O3. The molecule has 13 heteroatoms. The Kier molecular flexibility index (Phi) is 9.73. The van der Waals surface area contributed by atoms with Crippen LogP contribution in [0.3, 0.4) is 0 Å². The van der Waals surface area contributed by atoms with Gasteiger partial charge in [-0.3, -0.25) is 4.79 Å². The van der Waals surface area contributed by atoms with Crippen molar-refractivity contribution in [3.8, 4) is 11.8 Å². The Labute approximate surface area is 223 Å². The molecule has 0 spiro atoms. The van der Waals surface area contributed by atoms with Crippen molar-refractivity contribution in [2.24, 2.45) is 0 Å². The van der Waals surface area contributed by atoms with Gasteiger partial charge in [-0.25, -0.2) is 0 Å². The van der Waals surface area contributed by atoms with E-state index in [1.54, 1.807) is 24.3 Å². The summed E-state index contributed by atoms with van der Waals surface area (Å²) >= 11 is 0. The third-order valence-corrected chi connectivity index (χ3v) is 5.62. The van der Waals surface area contributed by atoms with Gasteiger partial charge in [0, 0.05) is 30.9 Å². The van der Waals surface area contributed by atoms with Crippen molar-refractivity contribution in [2.45, 2.75) is 32.0 Å². The van der Waals surface area contributed by atoms with Gasteiger partial charge < -0.3 is 30.7 Å². The molecule has 1 aromatic heterocycles. The number of ether oxygens (including phenoxy) is 2. The maximum atomic E-state index is 12.7. The number of hydrogen-bond donors (Lipinski definition) is 4. The van der Waals surface area contributed by atoms with Crippen molar-refractivity contribution in [3.05, 3.63) is 59.7 Å². The number of benzene rings is 2. The molecule has 0 atom stereocenters. The van der Waals surface area contributed by atoms with Gasteiger partial charge in [0.15, 0.2) is 6.61 Å². The summed E-state index contributed by atoms with van der Waals surface area (Å²) in [6.07, 6.45) is -1.71. The summed E-state index contributed by atoms with van der Waals surface area (Å²) in [4.78, 5) is 24.6. The second kappa shape index (κ2) is 13.6. The minimum Gasteiger partial charge on any atom is -0.492 e. The van der Waals surface area contributed by atoms with Crippen molar-refractivity contribution < 1.29 is 27.4 Å². The summed E-state index contributed by atoms with van der Waals surface area (Å²) in [7, 11) is 0. The zero-order chi connectivity index (χ0) is 27.5. The van der Waals surface area contributed by atoms with E-state index >= 15 is 0 Å². The first kappa shape index (κ1) is 27.9. The number of fused-ring (bicyclic) bond motifs is 2. The van der Waals surface area contributed by atoms with Gasteiger partial charge in [0.25, 0.3) is 5.91 Å². The molecule has 3 aliphatic rings. The lowest BCUT2D eigenvalue weighted by Crippen LogP contribution is -2.25. The van der Waals surface area contributed by atoms with Gasteiger partial charge >= 0.3 is 12.2 Å². The second-order valence-corrected chi connectivity index (χ2v) is 8.78. The molecule has 6 bridgehead atoms. The number of nitrogens with zero attached hydrogens (tertiary/aromatic N) is 3. The molecule has 0 radical (unpaired) electrons. The molecule has 0 aliphatic carbocycles. The number of hydrogen-bond acceptors (Lipinski definition) is 9. The van der Waals surface area contributed by atoms with Gasteiger partial charge in [0.1, 0.15) is 12.4 Å². The first-order valence-electron chi connectivity index (χ1n) is 12.6. The topological polar surface area (TPSA) is 122 Å². The van der Waals surface area contributed by atoms with Gasteiger partial charge in [-0.05, 0) is 61.3 Å². The molecule has 10 nitrogen and oxygen atoms in total. The second-order valence-electron chi connectivity index (χ2n) is 8.78. The fourth-order valence-electron chi connectivity index (χ4n) is 3.64. The van der Waals surface area contributed by atoms with E-state index in [9.17, 15) is 18.0 Å². The third-order valence-electron chi connectivity index (χ3n) is 5.62. The molecule has 4 heterocycles. The van der Waals surface area contributed by atoms with Crippen LogP contribution in [0.4, 0.5) is 30.8 Å². The van der Waals surface area contributed by atoms with Crippen molar-refractivity contribution in [1.29, 1.82) is 0 Å². The largest absolute Gasteiger partial charge is 0.492 e. The lowest BCUT2D eigenvalue weighted by Gasteiger charge is -2.12. The fraction of sp³-hybridized carbons (Fsp3) is 0.385. The van der Waals surface area contributed by atoms with Crippen LogP contribution in [-0.2, 0) is 6.54 Å². The Balaban J connectivity index is 1.52. The summed E-state index contributed by atoms with van der Waals surface area (Å²) in [5.74, 6) is 0.535. The van der Waals surface area contributed by atoms with E-state index in [0.717, 1.165) is 37.1 Å². The summed E-state index contributed by atoms with van der Waals surface area (Å²) in [6.45, 7) is 1.43. The Morgan fingerprint density at radius 3 is 2.36 bits per heavy atom. The summed E-state index contributed by atoms with van der Waals surface area (Å²) in [5.41, 5.74) is 1.89. The van der Waals surface area contributed by atoms with E-state index in [0.29, 0.717) is 37.5 Å². The van der Waals surface area contributed by atoms with Gasteiger partial charge in [-0.15, -0.1) is 0 Å². The van der Waals surface area contributed by atoms with Crippen LogP contribution in [0.25, 0.3) is 0 Å². The minimum atomic E-state index is -4.55. The molecule has 0 saturated heterocycles. The minimum absolute atomic E-state index is 0.0234. The summed E-state index contributed by atoms with van der Waals surface area (Å²) in [5, 5.41) is 12.2. The smallest absolute Gasteiger partial charge is 0.422 e. The van der Waals surface area contributed by atoms with Crippen LogP contribution in [0.15, 0.2) is 48.5 Å². The number of nitrogens with one attached hydrogen (secondary N) is 4. The van der Waals surface area contributed by atoms with Gasteiger partial charge in [0.05, 0.1) is 0 Å². The average molecular weight is 546 g/mol. The highest BCUT2D eigenvalue weighted by molar-refractivity contribution is 5.94. The lowest BCUT2D eigenvalue weighted by molar-refractivity contribution is -0.154. The summed E-state index contributed by atoms with van der Waals surface area (Å²) in [6, 6.07) is 13.5. The molecule has 0 unspecified atom stereocenters. The van der Waals surface area contributed by atoms with Crippen LogP contribution in [0.2, 0.25) is 0 Å². The fourth-order valence-corrected chi connectivity index (χ4v) is 3.64. The van der Waals surface area contributed by atoms with Crippen LogP contribution in [0.5, 0.6) is 11.8 Å². The zero-order valence-corrected chi connectivity index (χ0v) is 21.2. The van der Waals surface area contributed by atoms with Crippen LogP contribution in [0, 0.1) is 0 Å². The van der Waals surface area contributed by atoms with E-state index in [-0.39, 0.29) is 17.8 Å². The normalized spacial score (nSPS) is 15.6. The Morgan fingerprint density at radius 2 is 1.59 bits per heavy atom. The van der Waals surface area contributed by atoms with Crippen molar-refractivity contribution >= 4 is 23.5 Å². The van der Waals surface area contributed by atoms with E-state index in [1.165, 1.54) is 0 Å². The van der Waals surface area contributed by atoms with Crippen LogP contribution < -0.4 is 30.7 Å². The number of anilines is 3. The molecule has 2 aromatic carbocycles. The van der Waals surface area contributed by atoms with Crippen molar-refractivity contribution in [1.82, 2.24) is 25.6 Å². The van der Waals surface area contributed by atoms with Gasteiger partial charge in [-0.1, -0.05) is 18.6 Å². The molecule has 4 N–H and O–H groups in total. The van der Waals surface area contributed by atoms with Crippen LogP contribution in [0.1, 0.15) is 35.2 Å². The molecule has 3 aliphatic heterocycles. The number of rotatable bonds is 2. The lowest BCUT2D eigenvalue weighted by atomic mass is 10.2. The SMILES string of the molecule is O=C1NCCCCCNCCOc2ccc(cc2)CNc2nc(nc(OCC(F)(F)F)n2)Nc2ccc1cc2. The van der Waals surface area contributed by atoms with Gasteiger partial charge in [0.2, 0.25) is 11.9 Å². The Hall–Kier alpha value is -4.13. The first-order valence-corrected chi connectivity index (χ1v) is 12.6. The van der Waals surface area contributed by atoms with Crippen LogP contribution >= 0.6 is 0 Å². The van der Waals surface area contributed by atoms with E-state index in [1.807, 2.05) is 24.3 Å². The van der Waals surface area contributed by atoms with Crippen LogP contribution in [-0.4, -0.2) is 59.9 Å². The average Bonchev–Trinajstić information content (AvgIpc) is 2.92. The van der Waals surface area contributed by atoms with E-state index in [4.69, 9.17) is 9.47 Å². The molecule has 39 heavy (non-hydrogen) atoms. The highest BCUT2D eigenvalue weighted by Gasteiger charge is 2.29. The summed E-state index contributed by atoms with van der Waals surface area (Å²) < 4.78 is 48.7. The predicted molar refractivity (Wildman–Crippen MR) is 139 cm³/mol. The van der Waals surface area contributed by atoms with E-state index < -0.39 is 18.8 Å². The highest BCUT2D eigenvalue weighted by Crippen LogP contribution is 2.21. The van der Waals surface area contributed by atoms with Crippen molar-refractivity contribution in [2.75, 3.05) is 43.5 Å². The van der Waals surface area contributed by atoms with Crippen molar-refractivity contribution in [3.63, 3.8) is 0 Å². The Morgan fingerprint density at radius 1 is 0.846 bits per heavy atom. The maximum Gasteiger partial charge on any atom is 0.422 e. The molecule has 0 fully saturated rings. The third kappa shape index (κ3) is 9.60. The monoisotopic (exact) mass is 545 g/mol. The molecule has 1 amide bonds. The predicted octanol–water partition coefficient (Wildman–Crippen LogP) is 4.05. The number of halogens is 3. The number of aromatic nitrogens is 3. The quantitative estimate of drug-likeness (QED) is 0.378. The zero-order valence-electron chi connectivity index (χ0n) is 21.2. The maximum absolute atomic E-state index is 12.7. The highest BCUT2D eigenvalue weighted by atomic mass is 19.4. The molecular weight excluding hydrogens is 515 g/mol. The Bertz CT molecular complexity index is 1210. The number of carbonyl (C=O) groups is 1. The number of carbonyl (C=O) groups excluding carboxylic acids is 1. The molecule has 6 rings (SSSR count). The molecule has 0 saturated carbocycles. The molecule has 3 aromatic rings.